The maximum atomic E-state index is 12.4. The Morgan fingerprint density at radius 2 is 1.80 bits per heavy atom. The second-order valence-corrected chi connectivity index (χ2v) is 7.22. The second-order valence-electron chi connectivity index (χ2n) is 7.22. The summed E-state index contributed by atoms with van der Waals surface area (Å²) in [6.45, 7) is 0. The summed E-state index contributed by atoms with van der Waals surface area (Å²) in [6, 6.07) is 16.8. The summed E-state index contributed by atoms with van der Waals surface area (Å²) in [5, 5.41) is 0. The first-order valence-electron chi connectivity index (χ1n) is 9.50. The minimum absolute atomic E-state index is 0.135. The molecular formula is C23H22N4O3. The highest BCUT2D eigenvalue weighted by molar-refractivity contribution is 6.42. The third kappa shape index (κ3) is 3.51. The minimum atomic E-state index is -0.552. The van der Waals surface area contributed by atoms with Gasteiger partial charge in [-0.2, -0.15) is 0 Å². The molecule has 2 aromatic carbocycles. The normalized spacial score (nSPS) is 14.6. The van der Waals surface area contributed by atoms with Crippen molar-refractivity contribution >= 4 is 17.5 Å². The van der Waals surface area contributed by atoms with Gasteiger partial charge in [0.1, 0.15) is 11.6 Å². The molecule has 0 aliphatic carbocycles. The number of carbonyl (C=O) groups excluding carboxylic acids is 2. The van der Waals surface area contributed by atoms with Crippen LogP contribution in [0.5, 0.6) is 5.75 Å². The molecule has 0 fully saturated rings. The fourth-order valence-electron chi connectivity index (χ4n) is 3.50. The summed E-state index contributed by atoms with van der Waals surface area (Å²) in [4.78, 5) is 30.3. The van der Waals surface area contributed by atoms with Gasteiger partial charge in [-0.1, -0.05) is 36.4 Å². The molecule has 0 saturated heterocycles. The van der Waals surface area contributed by atoms with E-state index < -0.39 is 11.7 Å². The quantitative estimate of drug-likeness (QED) is 0.504. The molecular weight excluding hydrogens is 380 g/mol. The van der Waals surface area contributed by atoms with Crippen molar-refractivity contribution in [1.82, 2.24) is 15.3 Å². The van der Waals surface area contributed by atoms with E-state index >= 15 is 0 Å². The number of nitrogens with zero attached hydrogens (tertiary/aromatic N) is 2. The predicted octanol–water partition coefficient (Wildman–Crippen LogP) is 3.05. The third-order valence-corrected chi connectivity index (χ3v) is 5.07. The van der Waals surface area contributed by atoms with Crippen LogP contribution >= 0.6 is 0 Å². The molecule has 1 unspecified atom stereocenters. The number of benzene rings is 2. The zero-order valence-corrected chi connectivity index (χ0v) is 17.0. The van der Waals surface area contributed by atoms with Gasteiger partial charge in [0.05, 0.1) is 13.2 Å². The zero-order chi connectivity index (χ0) is 21.3. The van der Waals surface area contributed by atoms with Gasteiger partial charge in [0.2, 0.25) is 5.78 Å². The van der Waals surface area contributed by atoms with Crippen LogP contribution in [0, 0.1) is 0 Å². The molecule has 1 amide bonds. The molecule has 152 valence electrons. The molecule has 0 saturated carbocycles. The second kappa shape index (κ2) is 7.96. The summed E-state index contributed by atoms with van der Waals surface area (Å²) in [7, 11) is 4.77. The lowest BCUT2D eigenvalue weighted by atomic mass is 9.96. The largest absolute Gasteiger partial charge is 0.496 e. The number of fused-ring (bicyclic) bond motifs is 1. The van der Waals surface area contributed by atoms with E-state index in [1.165, 1.54) is 4.90 Å². The maximum Gasteiger partial charge on any atom is 0.294 e. The van der Waals surface area contributed by atoms with Gasteiger partial charge in [0.25, 0.3) is 5.91 Å². The number of hydrazine groups is 1. The van der Waals surface area contributed by atoms with Crippen LogP contribution in [0.2, 0.25) is 0 Å². The Hall–Kier alpha value is -3.71. The van der Waals surface area contributed by atoms with E-state index in [-0.39, 0.29) is 6.04 Å². The molecule has 1 aliphatic rings. The number of hydrogen-bond donors (Lipinski definition) is 2. The number of para-hydroxylation sites is 1. The number of anilines is 1. The van der Waals surface area contributed by atoms with Crippen molar-refractivity contribution < 1.29 is 14.3 Å². The Labute approximate surface area is 174 Å². The first-order chi connectivity index (χ1) is 14.5. The molecule has 1 aliphatic heterocycles. The molecule has 2 N–H and O–H groups in total. The number of rotatable bonds is 5. The number of pyridine rings is 1. The Bertz CT molecular complexity index is 1130. The highest BCUT2D eigenvalue weighted by Gasteiger charge is 2.27. The van der Waals surface area contributed by atoms with Crippen molar-refractivity contribution in [2.24, 2.45) is 0 Å². The van der Waals surface area contributed by atoms with E-state index in [0.29, 0.717) is 5.56 Å². The van der Waals surface area contributed by atoms with Crippen LogP contribution in [0.3, 0.4) is 0 Å². The number of carbonyl (C=O) groups is 2. The maximum absolute atomic E-state index is 12.4. The lowest BCUT2D eigenvalue weighted by Crippen LogP contribution is -2.29. The monoisotopic (exact) mass is 402 g/mol. The lowest BCUT2D eigenvalue weighted by Gasteiger charge is -2.15. The number of methoxy groups -OCH3 is 1. The fraction of sp³-hybridized carbons (Fsp3) is 0.174. The number of amides is 1. The lowest BCUT2D eigenvalue weighted by molar-refractivity contribution is -0.124. The molecule has 0 radical (unpaired) electrons. The van der Waals surface area contributed by atoms with Crippen LogP contribution in [-0.4, -0.2) is 42.8 Å². The Morgan fingerprint density at radius 3 is 2.57 bits per heavy atom. The van der Waals surface area contributed by atoms with Crippen LogP contribution in [0.4, 0.5) is 5.82 Å². The van der Waals surface area contributed by atoms with Crippen molar-refractivity contribution in [1.29, 1.82) is 0 Å². The van der Waals surface area contributed by atoms with Crippen LogP contribution in [0.15, 0.2) is 60.8 Å². The summed E-state index contributed by atoms with van der Waals surface area (Å²) < 4.78 is 5.51. The third-order valence-electron chi connectivity index (χ3n) is 5.07. The number of likely N-dealkylation sites (N-methyl/N-ethyl adjacent to an activating group) is 1. The van der Waals surface area contributed by atoms with Crippen molar-refractivity contribution in [2.45, 2.75) is 6.04 Å². The summed E-state index contributed by atoms with van der Waals surface area (Å²) in [5.41, 5.74) is 10.3. The molecule has 1 atom stereocenters. The SMILES string of the molecule is COc1ccccc1C1NNc2ncc(-c3cccc(C(=O)C(=O)N(C)C)c3)cc21. The van der Waals surface area contributed by atoms with Gasteiger partial charge in [0, 0.05) is 42.5 Å². The van der Waals surface area contributed by atoms with Gasteiger partial charge in [-0.15, -0.1) is 0 Å². The first-order valence-corrected chi connectivity index (χ1v) is 9.50. The Morgan fingerprint density at radius 1 is 1.00 bits per heavy atom. The minimum Gasteiger partial charge on any atom is -0.496 e. The number of Topliss-reactive ketones (excluding diaryl/α,β-unsaturated/α-hetero) is 1. The highest BCUT2D eigenvalue weighted by atomic mass is 16.5. The fourth-order valence-corrected chi connectivity index (χ4v) is 3.50. The van der Waals surface area contributed by atoms with Crippen LogP contribution < -0.4 is 15.6 Å². The smallest absolute Gasteiger partial charge is 0.294 e. The average molecular weight is 402 g/mol. The average Bonchev–Trinajstić information content (AvgIpc) is 3.21. The molecule has 7 heteroatoms. The van der Waals surface area contributed by atoms with E-state index in [2.05, 4.69) is 15.8 Å². The van der Waals surface area contributed by atoms with Crippen molar-refractivity contribution in [2.75, 3.05) is 26.6 Å². The molecule has 0 spiro atoms. The van der Waals surface area contributed by atoms with Crippen molar-refractivity contribution in [3.8, 4) is 16.9 Å². The number of aromatic nitrogens is 1. The molecule has 30 heavy (non-hydrogen) atoms. The topological polar surface area (TPSA) is 83.6 Å². The van der Waals surface area contributed by atoms with E-state index in [4.69, 9.17) is 4.74 Å². The summed E-state index contributed by atoms with van der Waals surface area (Å²) in [6.07, 6.45) is 1.75. The van der Waals surface area contributed by atoms with Gasteiger partial charge >= 0.3 is 0 Å². The van der Waals surface area contributed by atoms with Crippen molar-refractivity contribution in [3.63, 3.8) is 0 Å². The predicted molar refractivity (Wildman–Crippen MR) is 114 cm³/mol. The molecule has 3 aromatic rings. The highest BCUT2D eigenvalue weighted by Crippen LogP contribution is 2.38. The van der Waals surface area contributed by atoms with Crippen molar-refractivity contribution in [3.05, 3.63) is 77.5 Å². The van der Waals surface area contributed by atoms with Gasteiger partial charge in [-0.25, -0.2) is 10.4 Å². The molecule has 4 rings (SSSR count). The van der Waals surface area contributed by atoms with Crippen LogP contribution in [0.1, 0.15) is 27.5 Å². The molecule has 0 bridgehead atoms. The van der Waals surface area contributed by atoms with Crippen LogP contribution in [0.25, 0.3) is 11.1 Å². The summed E-state index contributed by atoms with van der Waals surface area (Å²) in [5.74, 6) is 0.435. The molecule has 1 aromatic heterocycles. The Kier molecular flexibility index (Phi) is 5.20. The number of ether oxygens (including phenoxy) is 1. The molecule has 7 nitrogen and oxygen atoms in total. The zero-order valence-electron chi connectivity index (χ0n) is 17.0. The van der Waals surface area contributed by atoms with E-state index in [1.807, 2.05) is 36.4 Å². The van der Waals surface area contributed by atoms with E-state index in [9.17, 15) is 9.59 Å². The first kappa shape index (κ1) is 19.6. The standard InChI is InChI=1S/C23H22N4O3/c1-27(2)23(29)21(28)15-8-6-7-14(11-15)16-12-18-20(25-26-22(18)24-13-16)17-9-4-5-10-19(17)30-3/h4-13,20,25H,1-3H3,(H,24,26). The number of hydrogen-bond acceptors (Lipinski definition) is 6. The number of nitrogens with one attached hydrogen (secondary N) is 2. The molecule has 2 heterocycles. The van der Waals surface area contributed by atoms with Crippen LogP contribution in [-0.2, 0) is 4.79 Å². The van der Waals surface area contributed by atoms with E-state index in [0.717, 1.165) is 33.8 Å². The van der Waals surface area contributed by atoms with Gasteiger partial charge in [-0.05, 0) is 23.8 Å². The number of ketones is 1. The van der Waals surface area contributed by atoms with E-state index in [1.54, 1.807) is 45.6 Å². The Balaban J connectivity index is 1.71. The van der Waals surface area contributed by atoms with Gasteiger partial charge in [-0.3, -0.25) is 9.59 Å². The van der Waals surface area contributed by atoms with Gasteiger partial charge in [0.15, 0.2) is 0 Å². The van der Waals surface area contributed by atoms with Gasteiger partial charge < -0.3 is 15.1 Å². The summed E-state index contributed by atoms with van der Waals surface area (Å²) >= 11 is 0.